The van der Waals surface area contributed by atoms with Gasteiger partial charge >= 0.3 is 0 Å². The Labute approximate surface area is 124 Å². The molecule has 0 aliphatic carbocycles. The number of rotatable bonds is 2. The van der Waals surface area contributed by atoms with E-state index in [1.54, 1.807) is 18.2 Å². The second-order valence-electron chi connectivity index (χ2n) is 4.73. The average molecular weight is 334 g/mol. The summed E-state index contributed by atoms with van der Waals surface area (Å²) in [6.07, 6.45) is 0. The molecule has 2 aromatic carbocycles. The molecule has 0 radical (unpaired) electrons. The van der Waals surface area contributed by atoms with Crippen molar-refractivity contribution in [2.75, 3.05) is 0 Å². The van der Waals surface area contributed by atoms with Crippen LogP contribution in [0, 0.1) is 12.7 Å². The lowest BCUT2D eigenvalue weighted by Gasteiger charge is -2.11. The highest BCUT2D eigenvalue weighted by molar-refractivity contribution is 9.10. The van der Waals surface area contributed by atoms with Crippen molar-refractivity contribution in [3.63, 3.8) is 0 Å². The van der Waals surface area contributed by atoms with E-state index in [-0.39, 0.29) is 5.82 Å². The first-order chi connectivity index (χ1) is 9.58. The van der Waals surface area contributed by atoms with Gasteiger partial charge in [-0.2, -0.15) is 0 Å². The summed E-state index contributed by atoms with van der Waals surface area (Å²) in [7, 11) is 0. The molecule has 0 saturated carbocycles. The van der Waals surface area contributed by atoms with E-state index in [1.807, 2.05) is 25.1 Å². The lowest BCUT2D eigenvalue weighted by Crippen LogP contribution is -2.13. The van der Waals surface area contributed by atoms with Crippen molar-refractivity contribution in [1.29, 1.82) is 0 Å². The fourth-order valence-corrected chi connectivity index (χ4v) is 2.72. The standard InChI is InChI=1S/C16H13BrFNO/c1-9-11-7-6-10(17)8-14(11)20-16(9)15(19)12-4-2-3-5-13(12)18/h2-8,15H,19H2,1H3. The van der Waals surface area contributed by atoms with Gasteiger partial charge in [-0.05, 0) is 31.2 Å². The molecule has 0 spiro atoms. The Morgan fingerprint density at radius 1 is 1.20 bits per heavy atom. The van der Waals surface area contributed by atoms with Crippen LogP contribution in [0.2, 0.25) is 0 Å². The maximum atomic E-state index is 13.8. The minimum absolute atomic E-state index is 0.318. The van der Waals surface area contributed by atoms with Crippen LogP contribution in [0.5, 0.6) is 0 Å². The molecule has 0 fully saturated rings. The summed E-state index contributed by atoms with van der Waals surface area (Å²) >= 11 is 3.41. The summed E-state index contributed by atoms with van der Waals surface area (Å²) in [6, 6.07) is 11.7. The van der Waals surface area contributed by atoms with Crippen LogP contribution in [0.4, 0.5) is 4.39 Å². The molecule has 1 heterocycles. The molecule has 0 saturated heterocycles. The van der Waals surface area contributed by atoms with E-state index < -0.39 is 6.04 Å². The van der Waals surface area contributed by atoms with Gasteiger partial charge in [0.15, 0.2) is 0 Å². The van der Waals surface area contributed by atoms with Crippen LogP contribution < -0.4 is 5.73 Å². The molecule has 1 unspecified atom stereocenters. The molecular weight excluding hydrogens is 321 g/mol. The fraction of sp³-hybridized carbons (Fsp3) is 0.125. The van der Waals surface area contributed by atoms with Gasteiger partial charge < -0.3 is 10.2 Å². The first-order valence-electron chi connectivity index (χ1n) is 6.26. The third-order valence-electron chi connectivity index (χ3n) is 3.46. The van der Waals surface area contributed by atoms with E-state index in [0.29, 0.717) is 11.3 Å². The summed E-state index contributed by atoms with van der Waals surface area (Å²) in [5.74, 6) is 0.282. The van der Waals surface area contributed by atoms with Crippen LogP contribution in [-0.4, -0.2) is 0 Å². The molecule has 0 amide bonds. The molecule has 0 aliphatic heterocycles. The Balaban J connectivity index is 2.15. The van der Waals surface area contributed by atoms with Crippen LogP contribution in [0.1, 0.15) is 22.9 Å². The predicted octanol–water partition coefficient (Wildman–Crippen LogP) is 4.69. The molecule has 4 heteroatoms. The lowest BCUT2D eigenvalue weighted by atomic mass is 10.0. The Morgan fingerprint density at radius 3 is 2.70 bits per heavy atom. The summed E-state index contributed by atoms with van der Waals surface area (Å²) in [4.78, 5) is 0. The summed E-state index contributed by atoms with van der Waals surface area (Å²) < 4.78 is 20.6. The largest absolute Gasteiger partial charge is 0.459 e. The second-order valence-corrected chi connectivity index (χ2v) is 5.65. The Morgan fingerprint density at radius 2 is 1.95 bits per heavy atom. The van der Waals surface area contributed by atoms with Gasteiger partial charge in [0.1, 0.15) is 17.2 Å². The van der Waals surface area contributed by atoms with Gasteiger partial charge in [0.2, 0.25) is 0 Å². The van der Waals surface area contributed by atoms with E-state index in [9.17, 15) is 4.39 Å². The molecule has 2 N–H and O–H groups in total. The maximum Gasteiger partial charge on any atom is 0.135 e. The van der Waals surface area contributed by atoms with E-state index in [0.717, 1.165) is 21.0 Å². The van der Waals surface area contributed by atoms with Crippen molar-refractivity contribution >= 4 is 26.9 Å². The zero-order chi connectivity index (χ0) is 14.3. The summed E-state index contributed by atoms with van der Waals surface area (Å²) in [6.45, 7) is 1.94. The molecule has 102 valence electrons. The van der Waals surface area contributed by atoms with Crippen molar-refractivity contribution in [3.05, 3.63) is 69.6 Å². The monoisotopic (exact) mass is 333 g/mol. The van der Waals surface area contributed by atoms with E-state index in [1.165, 1.54) is 6.07 Å². The summed E-state index contributed by atoms with van der Waals surface area (Å²) in [5.41, 5.74) is 8.31. The van der Waals surface area contributed by atoms with Crippen molar-refractivity contribution in [3.8, 4) is 0 Å². The SMILES string of the molecule is Cc1c(C(N)c2ccccc2F)oc2cc(Br)ccc12. The smallest absolute Gasteiger partial charge is 0.135 e. The normalized spacial score (nSPS) is 12.8. The van der Waals surface area contributed by atoms with Gasteiger partial charge in [0.25, 0.3) is 0 Å². The molecule has 0 bridgehead atoms. The summed E-state index contributed by atoms with van der Waals surface area (Å²) in [5, 5.41) is 0.995. The number of benzene rings is 2. The maximum absolute atomic E-state index is 13.8. The van der Waals surface area contributed by atoms with E-state index in [4.69, 9.17) is 10.2 Å². The van der Waals surface area contributed by atoms with Crippen LogP contribution >= 0.6 is 15.9 Å². The first kappa shape index (κ1) is 13.3. The van der Waals surface area contributed by atoms with Gasteiger partial charge in [-0.1, -0.05) is 34.1 Å². The topological polar surface area (TPSA) is 39.2 Å². The van der Waals surface area contributed by atoms with Crippen LogP contribution in [0.15, 0.2) is 51.4 Å². The highest BCUT2D eigenvalue weighted by Crippen LogP contribution is 2.33. The molecule has 2 nitrogen and oxygen atoms in total. The highest BCUT2D eigenvalue weighted by Gasteiger charge is 2.21. The predicted molar refractivity (Wildman–Crippen MR) is 81.1 cm³/mol. The molecule has 1 aromatic heterocycles. The fourth-order valence-electron chi connectivity index (χ4n) is 2.38. The molecule has 3 aromatic rings. The third kappa shape index (κ3) is 2.15. The van der Waals surface area contributed by atoms with Crippen molar-refractivity contribution in [2.24, 2.45) is 5.73 Å². The Kier molecular flexibility index (Phi) is 3.36. The van der Waals surface area contributed by atoms with Crippen molar-refractivity contribution in [1.82, 2.24) is 0 Å². The number of hydrogen-bond donors (Lipinski definition) is 1. The van der Waals surface area contributed by atoms with Crippen LogP contribution in [0.3, 0.4) is 0 Å². The van der Waals surface area contributed by atoms with E-state index in [2.05, 4.69) is 15.9 Å². The molecule has 3 rings (SSSR count). The van der Waals surface area contributed by atoms with Gasteiger partial charge in [0, 0.05) is 21.0 Å². The first-order valence-corrected chi connectivity index (χ1v) is 7.06. The minimum atomic E-state index is -0.609. The molecule has 1 atom stereocenters. The average Bonchev–Trinajstić information content (AvgIpc) is 2.75. The van der Waals surface area contributed by atoms with E-state index >= 15 is 0 Å². The Bertz CT molecular complexity index is 781. The zero-order valence-electron chi connectivity index (χ0n) is 10.9. The third-order valence-corrected chi connectivity index (χ3v) is 3.95. The van der Waals surface area contributed by atoms with Crippen molar-refractivity contribution in [2.45, 2.75) is 13.0 Å². The minimum Gasteiger partial charge on any atom is -0.459 e. The van der Waals surface area contributed by atoms with Gasteiger partial charge in [-0.25, -0.2) is 4.39 Å². The van der Waals surface area contributed by atoms with Gasteiger partial charge in [0.05, 0.1) is 6.04 Å². The van der Waals surface area contributed by atoms with Crippen LogP contribution in [-0.2, 0) is 0 Å². The quantitative estimate of drug-likeness (QED) is 0.738. The number of furan rings is 1. The Hall–Kier alpha value is -1.65. The number of hydrogen-bond acceptors (Lipinski definition) is 2. The van der Waals surface area contributed by atoms with Gasteiger partial charge in [-0.15, -0.1) is 0 Å². The number of aryl methyl sites for hydroxylation is 1. The van der Waals surface area contributed by atoms with Gasteiger partial charge in [-0.3, -0.25) is 0 Å². The number of nitrogens with two attached hydrogens (primary N) is 1. The molecule has 0 aliphatic rings. The highest BCUT2D eigenvalue weighted by atomic mass is 79.9. The number of halogens is 2. The molecular formula is C16H13BrFNO. The molecule has 20 heavy (non-hydrogen) atoms. The lowest BCUT2D eigenvalue weighted by molar-refractivity contribution is 0.506. The second kappa shape index (κ2) is 5.04. The number of fused-ring (bicyclic) bond motifs is 1. The zero-order valence-corrected chi connectivity index (χ0v) is 12.4. The van der Waals surface area contributed by atoms with Crippen molar-refractivity contribution < 1.29 is 8.81 Å². The van der Waals surface area contributed by atoms with Crippen LogP contribution in [0.25, 0.3) is 11.0 Å².